The third-order valence-electron chi connectivity index (χ3n) is 5.03. The van der Waals surface area contributed by atoms with Crippen molar-refractivity contribution in [1.82, 2.24) is 10.2 Å². The van der Waals surface area contributed by atoms with Gasteiger partial charge in [0, 0.05) is 35.6 Å². The Balaban J connectivity index is 1.50. The highest BCUT2D eigenvalue weighted by Crippen LogP contribution is 2.23. The fourth-order valence-electron chi connectivity index (χ4n) is 3.58. The number of hydrogen-bond acceptors (Lipinski definition) is 3. The Morgan fingerprint density at radius 2 is 2.00 bits per heavy atom. The molecule has 2 amide bonds. The quantitative estimate of drug-likeness (QED) is 0.705. The van der Waals surface area contributed by atoms with Crippen LogP contribution in [0.25, 0.3) is 0 Å². The first kappa shape index (κ1) is 20.4. The fraction of sp³-hybridized carbons (Fsp3) is 0.364. The molecule has 0 radical (unpaired) electrons. The van der Waals surface area contributed by atoms with Crippen molar-refractivity contribution < 1.29 is 14.3 Å². The van der Waals surface area contributed by atoms with E-state index in [0.717, 1.165) is 36.0 Å². The zero-order valence-electron chi connectivity index (χ0n) is 16.0. The van der Waals surface area contributed by atoms with Gasteiger partial charge in [-0.15, -0.1) is 0 Å². The minimum atomic E-state index is -0.158. The molecule has 0 bridgehead atoms. The van der Waals surface area contributed by atoms with Crippen LogP contribution in [0.15, 0.2) is 53.0 Å². The number of nitrogens with zero attached hydrogens (tertiary/aromatic N) is 1. The third-order valence-corrected chi connectivity index (χ3v) is 5.56. The van der Waals surface area contributed by atoms with Crippen LogP contribution in [0.5, 0.6) is 5.75 Å². The maximum atomic E-state index is 12.7. The first-order valence-electron chi connectivity index (χ1n) is 9.53. The molecule has 6 heteroatoms. The molecule has 28 heavy (non-hydrogen) atoms. The van der Waals surface area contributed by atoms with Crippen LogP contribution in [0.1, 0.15) is 35.2 Å². The van der Waals surface area contributed by atoms with Crippen molar-refractivity contribution >= 4 is 27.7 Å². The van der Waals surface area contributed by atoms with Crippen LogP contribution in [0.3, 0.4) is 0 Å². The molecular formula is C22H25BrN2O3. The summed E-state index contributed by atoms with van der Waals surface area (Å²) < 4.78 is 6.22. The molecule has 1 heterocycles. The molecular weight excluding hydrogens is 420 g/mol. The predicted octanol–water partition coefficient (Wildman–Crippen LogP) is 3.81. The van der Waals surface area contributed by atoms with Gasteiger partial charge in [-0.3, -0.25) is 9.59 Å². The maximum Gasteiger partial charge on any atom is 0.251 e. The van der Waals surface area contributed by atoms with Gasteiger partial charge in [-0.05, 0) is 61.2 Å². The van der Waals surface area contributed by atoms with Gasteiger partial charge in [0.1, 0.15) is 5.75 Å². The van der Waals surface area contributed by atoms with E-state index in [-0.39, 0.29) is 17.9 Å². The van der Waals surface area contributed by atoms with Crippen molar-refractivity contribution in [2.45, 2.75) is 31.7 Å². The Kier molecular flexibility index (Phi) is 7.09. The van der Waals surface area contributed by atoms with Crippen LogP contribution in [0.4, 0.5) is 0 Å². The number of methoxy groups -OCH3 is 1. The van der Waals surface area contributed by atoms with Gasteiger partial charge in [0.2, 0.25) is 5.91 Å². The Labute approximate surface area is 174 Å². The second-order valence-electron chi connectivity index (χ2n) is 6.95. The lowest BCUT2D eigenvalue weighted by molar-refractivity contribution is -0.131. The zero-order chi connectivity index (χ0) is 19.9. The maximum absolute atomic E-state index is 12.7. The van der Waals surface area contributed by atoms with Crippen molar-refractivity contribution in [2.24, 2.45) is 0 Å². The van der Waals surface area contributed by atoms with E-state index in [9.17, 15) is 9.59 Å². The molecule has 148 valence electrons. The van der Waals surface area contributed by atoms with Gasteiger partial charge in [-0.2, -0.15) is 0 Å². The number of carbonyl (C=O) groups excluding carboxylic acids is 2. The molecule has 3 rings (SSSR count). The molecule has 1 N–H and O–H groups in total. The number of ether oxygens (including phenoxy) is 1. The number of hydrogen-bond donors (Lipinski definition) is 1. The molecule has 1 aliphatic rings. The first-order valence-corrected chi connectivity index (χ1v) is 10.3. The van der Waals surface area contributed by atoms with E-state index >= 15 is 0 Å². The second-order valence-corrected chi connectivity index (χ2v) is 7.87. The molecule has 0 aromatic heterocycles. The van der Waals surface area contributed by atoms with E-state index in [4.69, 9.17) is 4.74 Å². The molecule has 1 unspecified atom stereocenters. The van der Waals surface area contributed by atoms with Gasteiger partial charge >= 0.3 is 0 Å². The highest BCUT2D eigenvalue weighted by molar-refractivity contribution is 9.10. The number of rotatable bonds is 7. The second kappa shape index (κ2) is 9.73. The topological polar surface area (TPSA) is 58.6 Å². The number of nitrogens with one attached hydrogen (secondary N) is 1. The van der Waals surface area contributed by atoms with Crippen LogP contribution >= 0.6 is 15.9 Å². The van der Waals surface area contributed by atoms with Crippen molar-refractivity contribution in [3.05, 3.63) is 64.1 Å². The van der Waals surface area contributed by atoms with Crippen molar-refractivity contribution in [2.75, 3.05) is 20.2 Å². The summed E-state index contributed by atoms with van der Waals surface area (Å²) in [5.41, 5.74) is 1.76. The highest BCUT2D eigenvalue weighted by atomic mass is 79.9. The van der Waals surface area contributed by atoms with Gasteiger partial charge in [-0.1, -0.05) is 28.1 Å². The number of carbonyl (C=O) groups is 2. The molecule has 1 saturated heterocycles. The summed E-state index contributed by atoms with van der Waals surface area (Å²) in [5.74, 6) is 0.778. The van der Waals surface area contributed by atoms with Crippen molar-refractivity contribution in [3.8, 4) is 5.75 Å². The lowest BCUT2D eigenvalue weighted by Gasteiger charge is -2.25. The molecule has 0 saturated carbocycles. The Morgan fingerprint density at radius 1 is 1.21 bits per heavy atom. The van der Waals surface area contributed by atoms with Gasteiger partial charge in [-0.25, -0.2) is 0 Å². The Hall–Kier alpha value is -2.34. The average molecular weight is 445 g/mol. The van der Waals surface area contributed by atoms with Gasteiger partial charge < -0.3 is 15.0 Å². The number of halogens is 1. The summed E-state index contributed by atoms with van der Waals surface area (Å²) in [5, 5.41) is 2.83. The van der Waals surface area contributed by atoms with E-state index in [1.165, 1.54) is 5.56 Å². The molecule has 0 aliphatic carbocycles. The van der Waals surface area contributed by atoms with Crippen LogP contribution < -0.4 is 10.1 Å². The minimum absolute atomic E-state index is 0.0986. The first-order chi connectivity index (χ1) is 13.6. The number of likely N-dealkylation sites (tertiary alicyclic amines) is 1. The monoisotopic (exact) mass is 444 g/mol. The molecule has 0 spiro atoms. The minimum Gasteiger partial charge on any atom is -0.497 e. The molecule has 2 aromatic rings. The Morgan fingerprint density at radius 3 is 2.75 bits per heavy atom. The zero-order valence-corrected chi connectivity index (χ0v) is 17.6. The molecule has 2 aromatic carbocycles. The lowest BCUT2D eigenvalue weighted by atomic mass is 10.0. The van der Waals surface area contributed by atoms with Crippen LogP contribution in [-0.4, -0.2) is 43.0 Å². The lowest BCUT2D eigenvalue weighted by Crippen LogP contribution is -2.38. The number of amides is 2. The van der Waals surface area contributed by atoms with E-state index in [0.29, 0.717) is 18.5 Å². The fourth-order valence-corrected chi connectivity index (χ4v) is 3.84. The predicted molar refractivity (Wildman–Crippen MR) is 113 cm³/mol. The van der Waals surface area contributed by atoms with Crippen LogP contribution in [0.2, 0.25) is 0 Å². The molecule has 1 aliphatic heterocycles. The van der Waals surface area contributed by atoms with Gasteiger partial charge in [0.05, 0.1) is 7.11 Å². The van der Waals surface area contributed by atoms with Crippen LogP contribution in [-0.2, 0) is 11.2 Å². The van der Waals surface area contributed by atoms with E-state index in [2.05, 4.69) is 27.3 Å². The largest absolute Gasteiger partial charge is 0.497 e. The SMILES string of the molecule is COc1cccc(CC2CCCN2C(=O)CCNC(=O)c2ccc(Br)cc2)c1. The van der Waals surface area contributed by atoms with E-state index in [1.54, 1.807) is 19.2 Å². The van der Waals surface area contributed by atoms with Crippen LogP contribution in [0, 0.1) is 0 Å². The highest BCUT2D eigenvalue weighted by Gasteiger charge is 2.28. The Bertz CT molecular complexity index is 823. The summed E-state index contributed by atoms with van der Waals surface area (Å²) in [6.07, 6.45) is 3.17. The normalized spacial score (nSPS) is 16.1. The van der Waals surface area contributed by atoms with Gasteiger partial charge in [0.15, 0.2) is 0 Å². The summed E-state index contributed by atoms with van der Waals surface area (Å²) in [4.78, 5) is 26.8. The molecule has 1 atom stereocenters. The van der Waals surface area contributed by atoms with Crippen molar-refractivity contribution in [1.29, 1.82) is 0 Å². The number of benzene rings is 2. The molecule has 1 fully saturated rings. The summed E-state index contributed by atoms with van der Waals surface area (Å²) >= 11 is 3.35. The smallest absolute Gasteiger partial charge is 0.251 e. The van der Waals surface area contributed by atoms with Gasteiger partial charge in [0.25, 0.3) is 5.91 Å². The van der Waals surface area contributed by atoms with Crippen molar-refractivity contribution in [3.63, 3.8) is 0 Å². The third kappa shape index (κ3) is 5.35. The summed E-state index contributed by atoms with van der Waals surface area (Å²) in [7, 11) is 1.66. The van der Waals surface area contributed by atoms with E-state index in [1.807, 2.05) is 35.2 Å². The molecule has 5 nitrogen and oxygen atoms in total. The average Bonchev–Trinajstić information content (AvgIpc) is 3.16. The summed E-state index contributed by atoms with van der Waals surface area (Å²) in [6, 6.07) is 15.4. The summed E-state index contributed by atoms with van der Waals surface area (Å²) in [6.45, 7) is 1.13. The van der Waals surface area contributed by atoms with E-state index < -0.39 is 0 Å². The standard InChI is InChI=1S/C22H25BrN2O3/c1-28-20-6-2-4-16(15-20)14-19-5-3-13-25(19)21(26)11-12-24-22(27)17-7-9-18(23)10-8-17/h2,4,6-10,15,19H,3,5,11-14H2,1H3,(H,24,27).